The predicted molar refractivity (Wildman–Crippen MR) is 107 cm³/mol. The highest BCUT2D eigenvalue weighted by Gasteiger charge is 2.26. The second-order valence-electron chi connectivity index (χ2n) is 7.78. The second-order valence-corrected chi connectivity index (χ2v) is 7.78. The minimum atomic E-state index is -0.600. The van der Waals surface area contributed by atoms with E-state index in [1.54, 1.807) is 12.1 Å². The van der Waals surface area contributed by atoms with E-state index >= 15 is 0 Å². The summed E-state index contributed by atoms with van der Waals surface area (Å²) in [6.45, 7) is 9.92. The smallest absolute Gasteiger partial charge is 0.254 e. The average molecular weight is 373 g/mol. The van der Waals surface area contributed by atoms with Crippen molar-refractivity contribution in [1.29, 1.82) is 0 Å². The summed E-state index contributed by atoms with van der Waals surface area (Å²) >= 11 is 0. The lowest BCUT2D eigenvalue weighted by molar-refractivity contribution is -0.126. The van der Waals surface area contributed by atoms with Gasteiger partial charge in [0.2, 0.25) is 11.8 Å². The van der Waals surface area contributed by atoms with Gasteiger partial charge in [-0.1, -0.05) is 13.8 Å². The SMILES string of the molecule is CC(=O)NC(C(=O)Nc1ccc(C(=O)N2CCCCC2C)cc1C)C(C)C. The zero-order valence-electron chi connectivity index (χ0n) is 17.0. The van der Waals surface area contributed by atoms with Crippen molar-refractivity contribution >= 4 is 23.4 Å². The minimum absolute atomic E-state index is 0.0318. The number of benzene rings is 1. The molecule has 27 heavy (non-hydrogen) atoms. The van der Waals surface area contributed by atoms with E-state index in [0.717, 1.165) is 24.9 Å². The van der Waals surface area contributed by atoms with Crippen LogP contribution in [0.4, 0.5) is 5.69 Å². The number of aryl methyl sites for hydroxylation is 1. The molecule has 1 aliphatic heterocycles. The van der Waals surface area contributed by atoms with Crippen LogP contribution in [0, 0.1) is 12.8 Å². The number of anilines is 1. The third-order valence-corrected chi connectivity index (χ3v) is 5.10. The van der Waals surface area contributed by atoms with Gasteiger partial charge < -0.3 is 15.5 Å². The van der Waals surface area contributed by atoms with E-state index in [4.69, 9.17) is 0 Å². The van der Waals surface area contributed by atoms with E-state index in [1.807, 2.05) is 31.7 Å². The summed E-state index contributed by atoms with van der Waals surface area (Å²) in [5, 5.41) is 5.56. The van der Waals surface area contributed by atoms with Crippen molar-refractivity contribution in [3.05, 3.63) is 29.3 Å². The van der Waals surface area contributed by atoms with Crippen molar-refractivity contribution in [1.82, 2.24) is 10.2 Å². The molecule has 2 N–H and O–H groups in total. The quantitative estimate of drug-likeness (QED) is 0.832. The molecule has 1 aromatic carbocycles. The fourth-order valence-corrected chi connectivity index (χ4v) is 3.47. The first-order chi connectivity index (χ1) is 12.7. The number of rotatable bonds is 5. The molecule has 1 aromatic rings. The number of carbonyl (C=O) groups excluding carboxylic acids is 3. The van der Waals surface area contributed by atoms with Crippen molar-refractivity contribution in [2.75, 3.05) is 11.9 Å². The van der Waals surface area contributed by atoms with Crippen LogP contribution >= 0.6 is 0 Å². The summed E-state index contributed by atoms with van der Waals surface area (Å²) < 4.78 is 0. The Balaban J connectivity index is 2.12. The van der Waals surface area contributed by atoms with E-state index in [9.17, 15) is 14.4 Å². The van der Waals surface area contributed by atoms with Crippen LogP contribution < -0.4 is 10.6 Å². The first-order valence-corrected chi connectivity index (χ1v) is 9.70. The van der Waals surface area contributed by atoms with Gasteiger partial charge in [-0.3, -0.25) is 14.4 Å². The molecule has 1 fully saturated rings. The highest BCUT2D eigenvalue weighted by Crippen LogP contribution is 2.22. The maximum absolute atomic E-state index is 12.8. The van der Waals surface area contributed by atoms with Crippen LogP contribution in [0.25, 0.3) is 0 Å². The number of likely N-dealkylation sites (tertiary alicyclic amines) is 1. The van der Waals surface area contributed by atoms with E-state index in [0.29, 0.717) is 11.3 Å². The van der Waals surface area contributed by atoms with Gasteiger partial charge in [0.1, 0.15) is 6.04 Å². The molecule has 1 heterocycles. The molecule has 0 spiro atoms. The number of hydrogen-bond acceptors (Lipinski definition) is 3. The molecule has 2 atom stereocenters. The molecule has 2 unspecified atom stereocenters. The summed E-state index contributed by atoms with van der Waals surface area (Å²) in [4.78, 5) is 38.6. The van der Waals surface area contributed by atoms with Crippen molar-refractivity contribution in [3.63, 3.8) is 0 Å². The molecule has 6 nitrogen and oxygen atoms in total. The van der Waals surface area contributed by atoms with Gasteiger partial charge in [0.25, 0.3) is 5.91 Å². The molecule has 3 amide bonds. The predicted octanol–water partition coefficient (Wildman–Crippen LogP) is 3.11. The molecule has 148 valence electrons. The molecule has 2 rings (SSSR count). The normalized spacial score (nSPS) is 18.1. The molecule has 1 aliphatic rings. The number of nitrogens with zero attached hydrogens (tertiary/aromatic N) is 1. The summed E-state index contributed by atoms with van der Waals surface area (Å²) in [6.07, 6.45) is 3.25. The Hall–Kier alpha value is -2.37. The van der Waals surface area contributed by atoms with E-state index < -0.39 is 6.04 Å². The van der Waals surface area contributed by atoms with E-state index in [-0.39, 0.29) is 29.7 Å². The maximum atomic E-state index is 12.8. The van der Waals surface area contributed by atoms with Crippen LogP contribution in [0.2, 0.25) is 0 Å². The van der Waals surface area contributed by atoms with E-state index in [2.05, 4.69) is 17.6 Å². The molecule has 0 saturated carbocycles. The first-order valence-electron chi connectivity index (χ1n) is 9.70. The number of hydrogen-bond donors (Lipinski definition) is 2. The maximum Gasteiger partial charge on any atom is 0.254 e. The Morgan fingerprint density at radius 1 is 1.19 bits per heavy atom. The number of amides is 3. The van der Waals surface area contributed by atoms with Crippen molar-refractivity contribution in [2.24, 2.45) is 5.92 Å². The standard InChI is InChI=1S/C21H31N3O3/c1-13(2)19(22-16(5)25)20(26)23-18-10-9-17(12-14(18)3)21(27)24-11-7-6-8-15(24)4/h9-10,12-13,15,19H,6-8,11H2,1-5H3,(H,22,25)(H,23,26). The van der Waals surface area contributed by atoms with Gasteiger partial charge in [-0.2, -0.15) is 0 Å². The molecular weight excluding hydrogens is 342 g/mol. The molecule has 0 aromatic heterocycles. The second kappa shape index (κ2) is 9.02. The van der Waals surface area contributed by atoms with Crippen molar-refractivity contribution < 1.29 is 14.4 Å². The zero-order valence-corrected chi connectivity index (χ0v) is 17.0. The van der Waals surface area contributed by atoms with Crippen LogP contribution in [0.5, 0.6) is 0 Å². The van der Waals surface area contributed by atoms with E-state index in [1.165, 1.54) is 13.3 Å². The third kappa shape index (κ3) is 5.31. The van der Waals surface area contributed by atoms with Crippen LogP contribution in [0.1, 0.15) is 62.9 Å². The average Bonchev–Trinajstić information content (AvgIpc) is 2.60. The fourth-order valence-electron chi connectivity index (χ4n) is 3.47. The molecule has 1 saturated heterocycles. The summed E-state index contributed by atoms with van der Waals surface area (Å²) in [5.74, 6) is -0.485. The Kier molecular flexibility index (Phi) is 6.99. The van der Waals surface area contributed by atoms with Gasteiger partial charge in [0.15, 0.2) is 0 Å². The zero-order chi connectivity index (χ0) is 20.1. The van der Waals surface area contributed by atoms with Gasteiger partial charge in [0.05, 0.1) is 0 Å². The van der Waals surface area contributed by atoms with Crippen LogP contribution in [-0.4, -0.2) is 41.2 Å². The Labute approximate surface area is 161 Å². The highest BCUT2D eigenvalue weighted by atomic mass is 16.2. The van der Waals surface area contributed by atoms with Crippen LogP contribution in [0.3, 0.4) is 0 Å². The number of nitrogens with one attached hydrogen (secondary N) is 2. The molecule has 6 heteroatoms. The van der Waals surface area contributed by atoms with Crippen LogP contribution in [-0.2, 0) is 9.59 Å². The highest BCUT2D eigenvalue weighted by molar-refractivity contribution is 5.99. The summed E-state index contributed by atoms with van der Waals surface area (Å²) in [6, 6.07) is 5.00. The fraction of sp³-hybridized carbons (Fsp3) is 0.571. The Morgan fingerprint density at radius 3 is 2.44 bits per heavy atom. The molecule has 0 aliphatic carbocycles. The molecule has 0 bridgehead atoms. The van der Waals surface area contributed by atoms with Gasteiger partial charge in [0, 0.05) is 30.8 Å². The lowest BCUT2D eigenvalue weighted by atomic mass is 10.0. The van der Waals surface area contributed by atoms with Gasteiger partial charge >= 0.3 is 0 Å². The summed E-state index contributed by atoms with van der Waals surface area (Å²) in [5.41, 5.74) is 2.12. The number of carbonyl (C=O) groups is 3. The topological polar surface area (TPSA) is 78.5 Å². The molecular formula is C21H31N3O3. The number of piperidine rings is 1. The monoisotopic (exact) mass is 373 g/mol. The third-order valence-electron chi connectivity index (χ3n) is 5.10. The van der Waals surface area contributed by atoms with Gasteiger partial charge in [-0.05, 0) is 62.8 Å². The molecule has 0 radical (unpaired) electrons. The Bertz CT molecular complexity index is 715. The van der Waals surface area contributed by atoms with Crippen molar-refractivity contribution in [2.45, 2.75) is 66.0 Å². The van der Waals surface area contributed by atoms with Gasteiger partial charge in [-0.15, -0.1) is 0 Å². The lowest BCUT2D eigenvalue weighted by Gasteiger charge is -2.33. The van der Waals surface area contributed by atoms with Crippen LogP contribution in [0.15, 0.2) is 18.2 Å². The Morgan fingerprint density at radius 2 is 1.89 bits per heavy atom. The first kappa shape index (κ1) is 20.9. The lowest BCUT2D eigenvalue weighted by Crippen LogP contribution is -2.46. The van der Waals surface area contributed by atoms with Gasteiger partial charge in [-0.25, -0.2) is 0 Å². The largest absolute Gasteiger partial charge is 0.344 e. The minimum Gasteiger partial charge on any atom is -0.344 e. The summed E-state index contributed by atoms with van der Waals surface area (Å²) in [7, 11) is 0. The van der Waals surface area contributed by atoms with Crippen molar-refractivity contribution in [3.8, 4) is 0 Å².